The lowest BCUT2D eigenvalue weighted by molar-refractivity contribution is 0.00578. The zero-order valence-electron chi connectivity index (χ0n) is 67.4. The predicted molar refractivity (Wildman–Crippen MR) is 491 cm³/mol. The minimum atomic E-state index is -0.513. The fourth-order valence-corrected chi connectivity index (χ4v) is 18.3. The van der Waals surface area contributed by atoms with Crippen molar-refractivity contribution in [2.45, 2.75) is 49.7 Å². The predicted octanol–water partition coefficient (Wildman–Crippen LogP) is 26.3. The van der Waals surface area contributed by atoms with Crippen molar-refractivity contribution in [2.24, 2.45) is 0 Å². The lowest BCUT2D eigenvalue weighted by Crippen LogP contribution is -2.41. The highest BCUT2D eigenvalue weighted by molar-refractivity contribution is 6.62. The summed E-state index contributed by atoms with van der Waals surface area (Å²) in [6.45, 7) is 8.37. The van der Waals surface area contributed by atoms with Crippen molar-refractivity contribution in [3.05, 3.63) is 450 Å². The molecule has 0 saturated carbocycles. The monoisotopic (exact) mass is 1590 g/mol. The van der Waals surface area contributed by atoms with Crippen LogP contribution in [0.25, 0.3) is 124 Å². The first-order valence-corrected chi connectivity index (χ1v) is 41.6. The summed E-state index contributed by atoms with van der Waals surface area (Å²) in [6.07, 6.45) is 0. The van der Waals surface area contributed by atoms with Gasteiger partial charge in [-0.05, 0) is 172 Å². The standard InChI is InChI=1S/C52H33N3O.C31H27BO3.C27H18ClN3/c1-3-15-34(16-4-1)49-53-50(35-17-5-2-6-18-35)55-51(54-49)40-22-14-21-38(32-40)36-19-13-20-37(31-36)39-29-30-48-46(33-39)52(45-27-11-12-28-47(45)56-48)43-25-9-7-23-41(43)42-24-8-10-26-44(42)52;1-29(2)30(3,4)35-32(34-29)20-17-18-28-26(19-20)31(25-15-9-10-16-27(25)33-28)23-13-7-5-11-21(23)22-12-6-8-14-24(22)31;28-24-16-8-14-22(18-24)21-13-7-15-23(17-21)27-30-25(19-9-3-1-4-10-19)29-26(31-27)20-11-5-2-6-12-20/h1-33H;5-19H,1-4H3;1-18H. The Balaban J connectivity index is 0.000000120. The molecule has 122 heavy (non-hydrogen) atoms. The molecule has 0 N–H and O–H groups in total. The van der Waals surface area contributed by atoms with E-state index in [1.165, 1.54) is 44.5 Å². The number of ether oxygens (including phenoxy) is 2. The molecule has 5 heterocycles. The third kappa shape index (κ3) is 13.1. The van der Waals surface area contributed by atoms with E-state index < -0.39 is 29.2 Å². The van der Waals surface area contributed by atoms with Crippen molar-refractivity contribution in [1.82, 2.24) is 29.9 Å². The van der Waals surface area contributed by atoms with Crippen LogP contribution in [0.1, 0.15) is 72.2 Å². The van der Waals surface area contributed by atoms with Gasteiger partial charge in [-0.3, -0.25) is 0 Å². The Hall–Kier alpha value is -14.6. The fourth-order valence-electron chi connectivity index (χ4n) is 18.1. The zero-order valence-corrected chi connectivity index (χ0v) is 68.1. The lowest BCUT2D eigenvalue weighted by Gasteiger charge is -2.39. The lowest BCUT2D eigenvalue weighted by atomic mass is 9.64. The molecule has 0 bridgehead atoms. The van der Waals surface area contributed by atoms with Gasteiger partial charge in [0.15, 0.2) is 34.9 Å². The maximum Gasteiger partial charge on any atom is 0.494 e. The summed E-state index contributed by atoms with van der Waals surface area (Å²) in [6, 6.07) is 139. The Morgan fingerprint density at radius 3 is 0.844 bits per heavy atom. The van der Waals surface area contributed by atoms with E-state index in [0.29, 0.717) is 40.0 Å². The number of rotatable bonds is 10. The van der Waals surface area contributed by atoms with E-state index in [1.807, 2.05) is 164 Å². The maximum atomic E-state index is 6.69. The minimum Gasteiger partial charge on any atom is -0.457 e. The van der Waals surface area contributed by atoms with Gasteiger partial charge in [-0.25, -0.2) is 29.9 Å². The van der Waals surface area contributed by atoms with Gasteiger partial charge >= 0.3 is 7.12 Å². The molecule has 1 fully saturated rings. The highest BCUT2D eigenvalue weighted by atomic mass is 35.5. The van der Waals surface area contributed by atoms with Gasteiger partial charge in [0.05, 0.1) is 22.0 Å². The van der Waals surface area contributed by atoms with E-state index in [4.69, 9.17) is 60.3 Å². The molecule has 12 heteroatoms. The van der Waals surface area contributed by atoms with Gasteiger partial charge in [0.25, 0.3) is 0 Å². The Labute approximate surface area is 714 Å². The molecule has 0 unspecified atom stereocenters. The molecule has 18 aromatic rings. The molecule has 0 radical (unpaired) electrons. The van der Waals surface area contributed by atoms with E-state index in [0.717, 1.165) is 117 Å². The number of fused-ring (bicyclic) bond motifs is 18. The fraction of sp³-hybridized carbons (Fsp3) is 0.0727. The van der Waals surface area contributed by atoms with Crippen molar-refractivity contribution in [2.75, 3.05) is 0 Å². The smallest absolute Gasteiger partial charge is 0.457 e. The first-order valence-electron chi connectivity index (χ1n) is 41.2. The van der Waals surface area contributed by atoms with Crippen molar-refractivity contribution < 1.29 is 18.8 Å². The van der Waals surface area contributed by atoms with Gasteiger partial charge in [-0.1, -0.05) is 351 Å². The number of aromatic nitrogens is 6. The van der Waals surface area contributed by atoms with E-state index in [2.05, 4.69) is 264 Å². The van der Waals surface area contributed by atoms with Crippen LogP contribution in [0.3, 0.4) is 0 Å². The molecule has 3 aliphatic heterocycles. The second-order valence-corrected chi connectivity index (χ2v) is 32.7. The van der Waals surface area contributed by atoms with Gasteiger partial charge in [0, 0.05) is 60.7 Å². The molecule has 0 amide bonds. The molecular weight excluding hydrogens is 1520 g/mol. The van der Waals surface area contributed by atoms with Crippen LogP contribution in [0.2, 0.25) is 5.02 Å². The van der Waals surface area contributed by atoms with Crippen LogP contribution in [-0.2, 0) is 20.1 Å². The first-order chi connectivity index (χ1) is 59.8. The molecule has 2 aliphatic carbocycles. The Morgan fingerprint density at radius 2 is 0.475 bits per heavy atom. The van der Waals surface area contributed by atoms with Gasteiger partial charge in [-0.2, -0.15) is 0 Å². The quantitative estimate of drug-likeness (QED) is 0.123. The van der Waals surface area contributed by atoms with Crippen LogP contribution >= 0.6 is 11.6 Å². The highest BCUT2D eigenvalue weighted by Crippen LogP contribution is 2.64. The van der Waals surface area contributed by atoms with E-state index in [-0.39, 0.29) is 0 Å². The third-order valence-corrected chi connectivity index (χ3v) is 24.8. The number of halogens is 1. The van der Waals surface area contributed by atoms with Gasteiger partial charge < -0.3 is 18.8 Å². The number of nitrogens with zero attached hydrogens (tertiary/aromatic N) is 6. The van der Waals surface area contributed by atoms with Crippen LogP contribution in [-0.4, -0.2) is 48.2 Å². The normalized spacial score (nSPS) is 14.3. The SMILES string of the molecule is CC1(C)OB(c2ccc3c(c2)C2(c4ccccc4O3)c3ccccc3-c3ccccc32)OC1(C)C.Clc1cccc(-c2cccc(-c3nc(-c4ccccc4)nc(-c4ccccc4)n3)c2)c1.c1ccc(-c2nc(-c3ccccc3)nc(-c3cccc(-c4cccc(-c5ccc6c(c5)C5(c7ccccc7O6)c6ccccc6-c6ccccc65)c4)c3)n2)cc1. The molecule has 0 atom stereocenters. The summed E-state index contributed by atoms with van der Waals surface area (Å²) in [5.74, 6) is 7.40. The number of para-hydroxylation sites is 2. The van der Waals surface area contributed by atoms with E-state index in [9.17, 15) is 0 Å². The first kappa shape index (κ1) is 74.9. The number of benzene rings is 16. The second-order valence-electron chi connectivity index (χ2n) is 32.3. The van der Waals surface area contributed by atoms with Gasteiger partial charge in [0.2, 0.25) is 0 Å². The molecule has 582 valence electrons. The summed E-state index contributed by atoms with van der Waals surface area (Å²) in [5, 5.41) is 0.709. The van der Waals surface area contributed by atoms with Crippen molar-refractivity contribution in [1.29, 1.82) is 0 Å². The van der Waals surface area contributed by atoms with Crippen LogP contribution in [0.4, 0.5) is 0 Å². The number of hydrogen-bond donors (Lipinski definition) is 0. The summed E-state index contributed by atoms with van der Waals surface area (Å²) in [5.41, 5.74) is 26.2. The van der Waals surface area contributed by atoms with Gasteiger partial charge in [-0.15, -0.1) is 0 Å². The molecular formula is C110H78BClN6O4. The Kier molecular flexibility index (Phi) is 18.8. The molecule has 2 spiro atoms. The minimum absolute atomic E-state index is 0.402. The average molecular weight is 1590 g/mol. The van der Waals surface area contributed by atoms with E-state index >= 15 is 0 Å². The summed E-state index contributed by atoms with van der Waals surface area (Å²) in [4.78, 5) is 29.2. The maximum absolute atomic E-state index is 6.69. The molecule has 16 aromatic carbocycles. The molecule has 10 nitrogen and oxygen atoms in total. The van der Waals surface area contributed by atoms with Crippen LogP contribution in [0, 0.1) is 0 Å². The Morgan fingerprint density at radius 1 is 0.213 bits per heavy atom. The van der Waals surface area contributed by atoms with E-state index in [1.54, 1.807) is 0 Å². The van der Waals surface area contributed by atoms with Crippen molar-refractivity contribution in [3.8, 4) is 147 Å². The topological polar surface area (TPSA) is 114 Å². The van der Waals surface area contributed by atoms with Crippen LogP contribution in [0.15, 0.2) is 400 Å². The van der Waals surface area contributed by atoms with Crippen molar-refractivity contribution >= 4 is 24.2 Å². The molecule has 23 rings (SSSR count). The summed E-state index contributed by atoms with van der Waals surface area (Å²) in [7, 11) is -0.439. The summed E-state index contributed by atoms with van der Waals surface area (Å²) < 4.78 is 26.1. The highest BCUT2D eigenvalue weighted by Gasteiger charge is 2.55. The average Bonchev–Trinajstić information content (AvgIpc) is 1.51. The third-order valence-electron chi connectivity index (χ3n) is 24.6. The largest absolute Gasteiger partial charge is 0.494 e. The number of hydrogen-bond acceptors (Lipinski definition) is 10. The second kappa shape index (κ2) is 30.7. The Bertz CT molecular complexity index is 6870. The molecule has 5 aliphatic rings. The van der Waals surface area contributed by atoms with Crippen LogP contribution in [0.5, 0.6) is 23.0 Å². The van der Waals surface area contributed by atoms with Gasteiger partial charge in [0.1, 0.15) is 23.0 Å². The zero-order chi connectivity index (χ0) is 82.1. The molecule has 2 aromatic heterocycles. The molecule has 1 saturated heterocycles. The van der Waals surface area contributed by atoms with Crippen molar-refractivity contribution in [3.63, 3.8) is 0 Å². The summed E-state index contributed by atoms with van der Waals surface area (Å²) >= 11 is 6.20. The van der Waals surface area contributed by atoms with Crippen LogP contribution < -0.4 is 14.9 Å².